The van der Waals surface area contributed by atoms with Gasteiger partial charge < -0.3 is 15.0 Å². The number of aromatic carboxylic acids is 1. The minimum Gasteiger partial charge on any atom is -0.477 e. The smallest absolute Gasteiger partial charge is 0.352 e. The molecule has 0 spiro atoms. The molecule has 0 fully saturated rings. The molecule has 0 radical (unpaired) electrons. The van der Waals surface area contributed by atoms with Crippen molar-refractivity contribution in [1.29, 1.82) is 0 Å². The van der Waals surface area contributed by atoms with Crippen molar-refractivity contribution >= 4 is 11.9 Å². The van der Waals surface area contributed by atoms with Gasteiger partial charge in [-0.1, -0.05) is 30.3 Å². The van der Waals surface area contributed by atoms with E-state index >= 15 is 0 Å². The van der Waals surface area contributed by atoms with Crippen molar-refractivity contribution in [1.82, 2.24) is 9.88 Å². The fraction of sp³-hybridized carbons (Fsp3) is 0.250. The first kappa shape index (κ1) is 14.8. The normalized spacial score (nSPS) is 11.9. The molecule has 0 aliphatic carbocycles. The highest BCUT2D eigenvalue weighted by Crippen LogP contribution is 2.04. The molecule has 0 aliphatic rings. The summed E-state index contributed by atoms with van der Waals surface area (Å²) >= 11 is 0. The molecule has 0 bridgehead atoms. The molecule has 0 aliphatic heterocycles. The first-order valence-corrected chi connectivity index (χ1v) is 6.78. The fourth-order valence-electron chi connectivity index (χ4n) is 2.24. The number of carbonyl (C=O) groups is 2. The summed E-state index contributed by atoms with van der Waals surface area (Å²) in [6.07, 6.45) is 2.33. The molecule has 0 saturated carbocycles. The van der Waals surface area contributed by atoms with Gasteiger partial charge in [-0.3, -0.25) is 4.79 Å². The minimum atomic E-state index is -1.04. The third-order valence-electron chi connectivity index (χ3n) is 3.15. The predicted octanol–water partition coefficient (Wildman–Crippen LogP) is 1.93. The molecule has 1 heterocycles. The van der Waals surface area contributed by atoms with E-state index in [0.717, 1.165) is 12.0 Å². The lowest BCUT2D eigenvalue weighted by Crippen LogP contribution is -2.36. The van der Waals surface area contributed by atoms with Crippen LogP contribution >= 0.6 is 0 Å². The standard InChI is InChI=1S/C16H18N2O3/c1-12(10-13-6-3-2-4-7-13)17-15(19)11-18-9-5-8-14(18)16(20)21/h2-9,12H,10-11H2,1H3,(H,17,19)(H,20,21). The van der Waals surface area contributed by atoms with Crippen LogP contribution in [0, 0.1) is 0 Å². The van der Waals surface area contributed by atoms with Crippen molar-refractivity contribution in [2.75, 3.05) is 0 Å². The van der Waals surface area contributed by atoms with Gasteiger partial charge in [-0.05, 0) is 31.0 Å². The molecule has 110 valence electrons. The van der Waals surface area contributed by atoms with Crippen LogP contribution in [0.3, 0.4) is 0 Å². The summed E-state index contributed by atoms with van der Waals surface area (Å²) in [4.78, 5) is 22.9. The Morgan fingerprint density at radius 1 is 1.19 bits per heavy atom. The van der Waals surface area contributed by atoms with Gasteiger partial charge in [0.05, 0.1) is 0 Å². The Labute approximate surface area is 123 Å². The van der Waals surface area contributed by atoms with Crippen LogP contribution in [-0.2, 0) is 17.8 Å². The predicted molar refractivity (Wildman–Crippen MR) is 79.1 cm³/mol. The molecule has 2 N–H and O–H groups in total. The highest BCUT2D eigenvalue weighted by molar-refractivity contribution is 5.86. The number of benzene rings is 1. The van der Waals surface area contributed by atoms with E-state index in [1.54, 1.807) is 12.3 Å². The number of rotatable bonds is 6. The summed E-state index contributed by atoms with van der Waals surface area (Å²) in [5, 5.41) is 11.9. The Kier molecular flexibility index (Phi) is 4.77. The van der Waals surface area contributed by atoms with Crippen molar-refractivity contribution in [3.8, 4) is 0 Å². The third-order valence-corrected chi connectivity index (χ3v) is 3.15. The largest absolute Gasteiger partial charge is 0.477 e. The van der Waals surface area contributed by atoms with Gasteiger partial charge in [0.1, 0.15) is 12.2 Å². The monoisotopic (exact) mass is 286 g/mol. The molecular weight excluding hydrogens is 268 g/mol. The van der Waals surface area contributed by atoms with E-state index in [2.05, 4.69) is 5.32 Å². The van der Waals surface area contributed by atoms with Gasteiger partial charge in [0.15, 0.2) is 0 Å². The lowest BCUT2D eigenvalue weighted by Gasteiger charge is -2.15. The maximum Gasteiger partial charge on any atom is 0.352 e. The molecule has 5 heteroatoms. The van der Waals surface area contributed by atoms with Crippen LogP contribution in [0.5, 0.6) is 0 Å². The first-order valence-electron chi connectivity index (χ1n) is 6.78. The Bertz CT molecular complexity index is 619. The van der Waals surface area contributed by atoms with Gasteiger partial charge in [0.25, 0.3) is 0 Å². The highest BCUT2D eigenvalue weighted by atomic mass is 16.4. The van der Waals surface area contributed by atoms with Crippen molar-refractivity contribution in [2.45, 2.75) is 25.9 Å². The van der Waals surface area contributed by atoms with Crippen molar-refractivity contribution in [3.05, 3.63) is 59.9 Å². The van der Waals surface area contributed by atoms with Gasteiger partial charge in [-0.2, -0.15) is 0 Å². The lowest BCUT2D eigenvalue weighted by molar-refractivity contribution is -0.122. The molecule has 1 amide bonds. The molecule has 2 aromatic rings. The number of hydrogen-bond acceptors (Lipinski definition) is 2. The fourth-order valence-corrected chi connectivity index (χ4v) is 2.24. The number of carbonyl (C=O) groups excluding carboxylic acids is 1. The SMILES string of the molecule is CC(Cc1ccccc1)NC(=O)Cn1cccc1C(=O)O. The van der Waals surface area contributed by atoms with Gasteiger partial charge in [0, 0.05) is 12.2 Å². The van der Waals surface area contributed by atoms with E-state index in [-0.39, 0.29) is 24.2 Å². The second-order valence-corrected chi connectivity index (χ2v) is 4.98. The van der Waals surface area contributed by atoms with Crippen LogP contribution in [0.2, 0.25) is 0 Å². The van der Waals surface area contributed by atoms with E-state index in [9.17, 15) is 9.59 Å². The zero-order chi connectivity index (χ0) is 15.2. The first-order chi connectivity index (χ1) is 10.1. The minimum absolute atomic E-state index is 0.00770. The summed E-state index contributed by atoms with van der Waals surface area (Å²) in [5.74, 6) is -1.23. The maximum absolute atomic E-state index is 12.0. The van der Waals surface area contributed by atoms with Gasteiger partial charge >= 0.3 is 5.97 Å². The molecule has 2 rings (SSSR count). The number of carboxylic acids is 1. The molecule has 1 unspecified atom stereocenters. The van der Waals surface area contributed by atoms with Crippen LogP contribution in [0.15, 0.2) is 48.7 Å². The van der Waals surface area contributed by atoms with Gasteiger partial charge in [-0.15, -0.1) is 0 Å². The van der Waals surface area contributed by atoms with Gasteiger partial charge in [-0.25, -0.2) is 4.79 Å². The van der Waals surface area contributed by atoms with Crippen molar-refractivity contribution in [3.63, 3.8) is 0 Å². The van der Waals surface area contributed by atoms with Crippen LogP contribution in [-0.4, -0.2) is 27.6 Å². The Morgan fingerprint density at radius 2 is 1.90 bits per heavy atom. The van der Waals surface area contributed by atoms with Crippen LogP contribution in [0.4, 0.5) is 0 Å². The van der Waals surface area contributed by atoms with E-state index in [0.29, 0.717) is 0 Å². The summed E-state index contributed by atoms with van der Waals surface area (Å²) in [6, 6.07) is 13.0. The summed E-state index contributed by atoms with van der Waals surface area (Å²) in [5.41, 5.74) is 1.26. The molecule has 1 aromatic heterocycles. The van der Waals surface area contributed by atoms with Crippen LogP contribution in [0.1, 0.15) is 23.0 Å². The second kappa shape index (κ2) is 6.74. The number of carboxylic acid groups (broad SMARTS) is 1. The summed E-state index contributed by atoms with van der Waals surface area (Å²) in [7, 11) is 0. The number of nitrogens with zero attached hydrogens (tertiary/aromatic N) is 1. The average Bonchev–Trinajstić information content (AvgIpc) is 2.87. The summed E-state index contributed by atoms with van der Waals surface area (Å²) < 4.78 is 1.42. The topological polar surface area (TPSA) is 71.3 Å². The van der Waals surface area contributed by atoms with E-state index in [1.807, 2.05) is 37.3 Å². The summed E-state index contributed by atoms with van der Waals surface area (Å²) in [6.45, 7) is 1.94. The van der Waals surface area contributed by atoms with Gasteiger partial charge in [0.2, 0.25) is 5.91 Å². The third kappa shape index (κ3) is 4.21. The average molecular weight is 286 g/mol. The second-order valence-electron chi connectivity index (χ2n) is 4.98. The molecular formula is C16H18N2O3. The number of aromatic nitrogens is 1. The maximum atomic E-state index is 12.0. The Morgan fingerprint density at radius 3 is 2.57 bits per heavy atom. The number of amides is 1. The zero-order valence-corrected chi connectivity index (χ0v) is 11.8. The molecule has 5 nitrogen and oxygen atoms in total. The lowest BCUT2D eigenvalue weighted by atomic mass is 10.1. The molecule has 21 heavy (non-hydrogen) atoms. The van der Waals surface area contributed by atoms with E-state index < -0.39 is 5.97 Å². The highest BCUT2D eigenvalue weighted by Gasteiger charge is 2.13. The number of nitrogens with one attached hydrogen (secondary N) is 1. The van der Waals surface area contributed by atoms with E-state index in [1.165, 1.54) is 10.6 Å². The zero-order valence-electron chi connectivity index (χ0n) is 11.8. The Hall–Kier alpha value is -2.56. The quantitative estimate of drug-likeness (QED) is 0.852. The number of hydrogen-bond donors (Lipinski definition) is 2. The Balaban J connectivity index is 1.89. The van der Waals surface area contributed by atoms with E-state index in [4.69, 9.17) is 5.11 Å². The molecule has 1 aromatic carbocycles. The van der Waals surface area contributed by atoms with Crippen LogP contribution < -0.4 is 5.32 Å². The molecule has 0 saturated heterocycles. The van der Waals surface area contributed by atoms with Crippen molar-refractivity contribution < 1.29 is 14.7 Å². The van der Waals surface area contributed by atoms with Crippen LogP contribution in [0.25, 0.3) is 0 Å². The van der Waals surface area contributed by atoms with Crippen molar-refractivity contribution in [2.24, 2.45) is 0 Å². The molecule has 1 atom stereocenters.